The van der Waals surface area contributed by atoms with Crippen LogP contribution >= 0.6 is 0 Å². The van der Waals surface area contributed by atoms with Gasteiger partial charge in [0.05, 0.1) is 75.4 Å². The molecule has 53 heavy (non-hydrogen) atoms. The van der Waals surface area contributed by atoms with Gasteiger partial charge in [0.2, 0.25) is 0 Å². The van der Waals surface area contributed by atoms with Gasteiger partial charge in [-0.2, -0.15) is 0 Å². The molecule has 302 valence electrons. The minimum Gasteiger partial charge on any atom is -0.489 e. The molecule has 1 aromatic heterocycles. The monoisotopic (exact) mass is 740 g/mol. The highest BCUT2D eigenvalue weighted by molar-refractivity contribution is 5.27. The SMILES string of the molecule is CCCCCCC1(CCCCCC)COCc2cc(OCc3ccccc3)cc(n2)COCC(CCCCCC)(CCCCCC)OCCOCCO1. The van der Waals surface area contributed by atoms with Crippen LogP contribution in [0.3, 0.4) is 0 Å². The first-order valence-corrected chi connectivity index (χ1v) is 21.7. The van der Waals surface area contributed by atoms with Gasteiger partial charge in [-0.15, -0.1) is 0 Å². The molecule has 2 heterocycles. The topological polar surface area (TPSA) is 68.3 Å². The Hall–Kier alpha value is -2.03. The van der Waals surface area contributed by atoms with Crippen LogP contribution in [0.1, 0.15) is 173 Å². The van der Waals surface area contributed by atoms with Crippen molar-refractivity contribution < 1.29 is 28.4 Å². The number of benzene rings is 1. The Morgan fingerprint density at radius 1 is 0.528 bits per heavy atom. The summed E-state index contributed by atoms with van der Waals surface area (Å²) in [7, 11) is 0. The molecule has 0 atom stereocenters. The van der Waals surface area contributed by atoms with Crippen LogP contribution < -0.4 is 4.74 Å². The first-order valence-electron chi connectivity index (χ1n) is 21.7. The van der Waals surface area contributed by atoms with E-state index in [0.717, 1.165) is 74.1 Å². The number of rotatable bonds is 23. The Morgan fingerprint density at radius 2 is 0.962 bits per heavy atom. The van der Waals surface area contributed by atoms with Gasteiger partial charge in [0.15, 0.2) is 0 Å². The second-order valence-electron chi connectivity index (χ2n) is 15.5. The maximum atomic E-state index is 6.84. The van der Waals surface area contributed by atoms with Crippen molar-refractivity contribution in [3.05, 3.63) is 59.4 Å². The van der Waals surface area contributed by atoms with Crippen LogP contribution in [0, 0.1) is 0 Å². The van der Waals surface area contributed by atoms with Crippen LogP contribution in [0.25, 0.3) is 0 Å². The summed E-state index contributed by atoms with van der Waals surface area (Å²) in [6.07, 6.45) is 23.3. The highest BCUT2D eigenvalue weighted by Gasteiger charge is 2.32. The quantitative estimate of drug-likeness (QED) is 0.105. The fourth-order valence-electron chi connectivity index (χ4n) is 7.42. The van der Waals surface area contributed by atoms with E-state index in [0.29, 0.717) is 59.5 Å². The fourth-order valence-corrected chi connectivity index (χ4v) is 7.42. The van der Waals surface area contributed by atoms with Crippen molar-refractivity contribution in [2.75, 3.05) is 39.6 Å². The highest BCUT2D eigenvalue weighted by atomic mass is 16.6. The standard InChI is InChI=1S/C46H77NO6/c1-5-9-13-20-26-45(27-21-14-10-6-2)39-49-37-42-34-44(51-36-41-24-18-17-19-25-41)35-43(47-42)38-50-40-46(28-22-15-11-7-3,29-23-16-12-8-4)53-33-31-48-30-32-52-45/h17-19,24-25,34-35H,5-16,20-23,26-33,36-40H2,1-4H3. The molecule has 2 bridgehead atoms. The minimum absolute atomic E-state index is 0.341. The summed E-state index contributed by atoms with van der Waals surface area (Å²) in [5, 5.41) is 0. The number of ether oxygens (including phenoxy) is 6. The average molecular weight is 740 g/mol. The van der Waals surface area contributed by atoms with Gasteiger partial charge < -0.3 is 28.4 Å². The van der Waals surface area contributed by atoms with E-state index >= 15 is 0 Å². The Kier molecular flexibility index (Phi) is 24.3. The second-order valence-corrected chi connectivity index (χ2v) is 15.5. The van der Waals surface area contributed by atoms with Crippen molar-refractivity contribution >= 4 is 0 Å². The maximum absolute atomic E-state index is 6.84. The molecule has 3 rings (SSSR count). The molecule has 7 nitrogen and oxygen atoms in total. The lowest BCUT2D eigenvalue weighted by Crippen LogP contribution is -2.40. The first kappa shape index (κ1) is 45.4. The lowest BCUT2D eigenvalue weighted by molar-refractivity contribution is -0.138. The molecule has 0 spiro atoms. The number of aromatic nitrogens is 1. The van der Waals surface area contributed by atoms with E-state index in [-0.39, 0.29) is 11.2 Å². The number of pyridine rings is 1. The number of nitrogens with zero attached hydrogens (tertiary/aromatic N) is 1. The predicted octanol–water partition coefficient (Wildman–Crippen LogP) is 12.1. The van der Waals surface area contributed by atoms with E-state index in [4.69, 9.17) is 33.4 Å². The van der Waals surface area contributed by atoms with Crippen LogP contribution in [-0.2, 0) is 43.5 Å². The van der Waals surface area contributed by atoms with Gasteiger partial charge in [0.1, 0.15) is 12.4 Å². The third-order valence-electron chi connectivity index (χ3n) is 10.6. The molecule has 0 radical (unpaired) electrons. The van der Waals surface area contributed by atoms with Gasteiger partial charge in [0.25, 0.3) is 0 Å². The lowest BCUT2D eigenvalue weighted by Gasteiger charge is -2.35. The van der Waals surface area contributed by atoms with Crippen molar-refractivity contribution in [3.8, 4) is 5.75 Å². The van der Waals surface area contributed by atoms with Gasteiger partial charge in [-0.3, -0.25) is 4.98 Å². The molecule has 0 amide bonds. The summed E-state index contributed by atoms with van der Waals surface area (Å²) in [6, 6.07) is 14.4. The van der Waals surface area contributed by atoms with E-state index in [1.807, 2.05) is 30.3 Å². The molecular formula is C46H77NO6. The van der Waals surface area contributed by atoms with Crippen LogP contribution in [0.5, 0.6) is 5.75 Å². The van der Waals surface area contributed by atoms with E-state index in [9.17, 15) is 0 Å². The van der Waals surface area contributed by atoms with Gasteiger partial charge in [0, 0.05) is 12.1 Å². The summed E-state index contributed by atoms with van der Waals surface area (Å²) in [5.74, 6) is 0.788. The molecule has 0 saturated heterocycles. The third-order valence-corrected chi connectivity index (χ3v) is 10.6. The molecule has 1 aliphatic rings. The Morgan fingerprint density at radius 3 is 1.38 bits per heavy atom. The van der Waals surface area contributed by atoms with E-state index < -0.39 is 0 Å². The minimum atomic E-state index is -0.341. The van der Waals surface area contributed by atoms with Crippen LogP contribution in [0.4, 0.5) is 0 Å². The van der Waals surface area contributed by atoms with E-state index in [1.165, 1.54) is 77.0 Å². The largest absolute Gasteiger partial charge is 0.489 e. The van der Waals surface area contributed by atoms with Crippen molar-refractivity contribution in [2.45, 2.75) is 187 Å². The Labute approximate surface area is 324 Å². The second kappa shape index (κ2) is 28.4. The molecule has 1 aliphatic heterocycles. The number of unbranched alkanes of at least 4 members (excludes halogenated alkanes) is 12. The third kappa shape index (κ3) is 19.4. The summed E-state index contributed by atoms with van der Waals surface area (Å²) >= 11 is 0. The number of hydrogen-bond donors (Lipinski definition) is 0. The fraction of sp³-hybridized carbons (Fsp3) is 0.761. The summed E-state index contributed by atoms with van der Waals surface area (Å²) < 4.78 is 39.4. The Bertz CT molecular complexity index is 1070. The van der Waals surface area contributed by atoms with Gasteiger partial charge in [-0.1, -0.05) is 161 Å². The van der Waals surface area contributed by atoms with Gasteiger partial charge in [-0.05, 0) is 31.2 Å². The molecule has 2 aromatic rings. The average Bonchev–Trinajstić information content (AvgIpc) is 3.17. The van der Waals surface area contributed by atoms with Crippen molar-refractivity contribution in [3.63, 3.8) is 0 Å². The molecule has 0 unspecified atom stereocenters. The van der Waals surface area contributed by atoms with Crippen molar-refractivity contribution in [1.82, 2.24) is 4.98 Å². The molecule has 0 saturated carbocycles. The molecule has 0 aliphatic carbocycles. The van der Waals surface area contributed by atoms with Crippen LogP contribution in [-0.4, -0.2) is 55.8 Å². The smallest absolute Gasteiger partial charge is 0.123 e. The van der Waals surface area contributed by atoms with Gasteiger partial charge in [-0.25, -0.2) is 0 Å². The lowest BCUT2D eigenvalue weighted by atomic mass is 9.90. The van der Waals surface area contributed by atoms with E-state index in [1.54, 1.807) is 0 Å². The highest BCUT2D eigenvalue weighted by Crippen LogP contribution is 2.31. The normalized spacial score (nSPS) is 17.2. The molecule has 7 heteroatoms. The van der Waals surface area contributed by atoms with Crippen molar-refractivity contribution in [1.29, 1.82) is 0 Å². The first-order chi connectivity index (χ1) is 26.1. The zero-order chi connectivity index (χ0) is 37.7. The molecule has 0 fully saturated rings. The predicted molar refractivity (Wildman–Crippen MR) is 218 cm³/mol. The zero-order valence-electron chi connectivity index (χ0n) is 34.4. The van der Waals surface area contributed by atoms with Crippen LogP contribution in [0.2, 0.25) is 0 Å². The molecular weight excluding hydrogens is 663 g/mol. The van der Waals surface area contributed by atoms with Crippen LogP contribution in [0.15, 0.2) is 42.5 Å². The van der Waals surface area contributed by atoms with Gasteiger partial charge >= 0.3 is 0 Å². The number of hydrogen-bond acceptors (Lipinski definition) is 7. The summed E-state index contributed by atoms with van der Waals surface area (Å²) in [6.45, 7) is 13.6. The van der Waals surface area contributed by atoms with Crippen molar-refractivity contribution in [2.24, 2.45) is 0 Å². The Balaban J connectivity index is 1.87. The van der Waals surface area contributed by atoms with E-state index in [2.05, 4.69) is 39.8 Å². The summed E-state index contributed by atoms with van der Waals surface area (Å²) in [4.78, 5) is 5.06. The molecule has 0 N–H and O–H groups in total. The summed E-state index contributed by atoms with van der Waals surface area (Å²) in [5.41, 5.74) is 2.15. The zero-order valence-corrected chi connectivity index (χ0v) is 34.4. The maximum Gasteiger partial charge on any atom is 0.123 e. The number of fused-ring (bicyclic) bond motifs is 2. The molecule has 1 aromatic carbocycles.